The van der Waals surface area contributed by atoms with Crippen LogP contribution < -0.4 is 5.32 Å². The molecule has 3 amide bonds. The Kier molecular flexibility index (Phi) is 8.81. The van der Waals surface area contributed by atoms with Gasteiger partial charge < -0.3 is 19.7 Å². The molecule has 1 N–H and O–H groups in total. The normalized spacial score (nSPS) is 14.2. The third-order valence-corrected chi connectivity index (χ3v) is 6.32. The molecular weight excluding hydrogens is 447 g/mol. The first-order chi connectivity index (χ1) is 15.9. The van der Waals surface area contributed by atoms with Gasteiger partial charge in [0.05, 0.1) is 18.8 Å². The Bertz CT molecular complexity index is 981. The number of likely N-dealkylation sites (N-methyl/N-ethyl adjacent to an activating group) is 1. The van der Waals surface area contributed by atoms with Gasteiger partial charge >= 0.3 is 0 Å². The highest BCUT2D eigenvalue weighted by Crippen LogP contribution is 2.20. The number of carbonyl (C=O) groups is 3. The number of halogens is 1. The van der Waals surface area contributed by atoms with Crippen molar-refractivity contribution in [2.75, 3.05) is 31.2 Å². The van der Waals surface area contributed by atoms with E-state index in [4.69, 9.17) is 0 Å². The number of amides is 3. The summed E-state index contributed by atoms with van der Waals surface area (Å²) in [6.07, 6.45) is 3.54. The minimum atomic E-state index is -0.390. The summed E-state index contributed by atoms with van der Waals surface area (Å²) < 4.78 is 14.9. The summed E-state index contributed by atoms with van der Waals surface area (Å²) in [4.78, 5) is 40.1. The van der Waals surface area contributed by atoms with Crippen molar-refractivity contribution in [3.8, 4) is 0 Å². The number of hydrogen-bond acceptors (Lipinski definition) is 6. The molecule has 0 saturated carbocycles. The van der Waals surface area contributed by atoms with Gasteiger partial charge in [0.15, 0.2) is 11.0 Å². The minimum Gasteiger partial charge on any atom is -0.336 e. The Hall–Kier alpha value is -2.95. The van der Waals surface area contributed by atoms with E-state index in [1.807, 2.05) is 16.4 Å². The number of hydrogen-bond donors (Lipinski definition) is 1. The average Bonchev–Trinajstić information content (AvgIpc) is 3.07. The smallest absolute Gasteiger partial charge is 0.243 e. The molecule has 0 atom stereocenters. The van der Waals surface area contributed by atoms with Crippen molar-refractivity contribution in [2.45, 2.75) is 50.9 Å². The van der Waals surface area contributed by atoms with Crippen LogP contribution >= 0.6 is 11.8 Å². The standard InChI is InChI=1S/C22H29FN6O3S/c1-3-29-18(13-28-12-6-4-5-7-20(28)31)25-26-22(29)33-15-21(32)27(2)14-19(30)24-17-10-8-16(23)9-11-17/h8-11H,3-7,12-15H2,1-2H3,(H,24,30). The first-order valence-corrected chi connectivity index (χ1v) is 12.0. The van der Waals surface area contributed by atoms with Crippen LogP contribution in [-0.4, -0.2) is 68.2 Å². The van der Waals surface area contributed by atoms with E-state index in [-0.39, 0.29) is 30.0 Å². The van der Waals surface area contributed by atoms with Gasteiger partial charge in [0.25, 0.3) is 0 Å². The van der Waals surface area contributed by atoms with Gasteiger partial charge in [-0.1, -0.05) is 18.2 Å². The van der Waals surface area contributed by atoms with Crippen LogP contribution in [0.15, 0.2) is 29.4 Å². The number of nitrogens with zero attached hydrogens (tertiary/aromatic N) is 5. The number of benzene rings is 1. The zero-order chi connectivity index (χ0) is 23.8. The lowest BCUT2D eigenvalue weighted by atomic mass is 10.2. The average molecular weight is 477 g/mol. The molecule has 1 aliphatic rings. The first-order valence-electron chi connectivity index (χ1n) is 11.0. The second-order valence-electron chi connectivity index (χ2n) is 7.86. The Morgan fingerprint density at radius 1 is 1.18 bits per heavy atom. The van der Waals surface area contributed by atoms with Crippen LogP contribution in [0, 0.1) is 5.82 Å². The van der Waals surface area contributed by atoms with Crippen molar-refractivity contribution in [1.82, 2.24) is 24.6 Å². The summed E-state index contributed by atoms with van der Waals surface area (Å²) in [6.45, 7) is 3.60. The van der Waals surface area contributed by atoms with Crippen LogP contribution in [0.2, 0.25) is 0 Å². The van der Waals surface area contributed by atoms with Crippen LogP contribution in [0.25, 0.3) is 0 Å². The van der Waals surface area contributed by atoms with Crippen molar-refractivity contribution in [2.24, 2.45) is 0 Å². The summed E-state index contributed by atoms with van der Waals surface area (Å²) >= 11 is 1.25. The molecule has 1 aliphatic heterocycles. The first kappa shape index (κ1) is 24.7. The maximum atomic E-state index is 13.0. The number of anilines is 1. The predicted octanol–water partition coefficient (Wildman–Crippen LogP) is 2.53. The van der Waals surface area contributed by atoms with Gasteiger partial charge in [0.1, 0.15) is 5.82 Å². The van der Waals surface area contributed by atoms with Gasteiger partial charge in [-0.3, -0.25) is 14.4 Å². The maximum Gasteiger partial charge on any atom is 0.243 e. The van der Waals surface area contributed by atoms with Crippen LogP contribution in [0.3, 0.4) is 0 Å². The third kappa shape index (κ3) is 7.01. The van der Waals surface area contributed by atoms with Crippen molar-refractivity contribution >= 4 is 35.2 Å². The van der Waals surface area contributed by atoms with E-state index in [0.29, 0.717) is 36.2 Å². The fourth-order valence-electron chi connectivity index (χ4n) is 3.51. The number of likely N-dealkylation sites (tertiary alicyclic amines) is 1. The predicted molar refractivity (Wildman–Crippen MR) is 123 cm³/mol. The molecule has 1 aromatic carbocycles. The van der Waals surface area contributed by atoms with Crippen molar-refractivity contribution < 1.29 is 18.8 Å². The number of aromatic nitrogens is 3. The Morgan fingerprint density at radius 2 is 1.94 bits per heavy atom. The van der Waals surface area contributed by atoms with Gasteiger partial charge in [0.2, 0.25) is 17.7 Å². The Morgan fingerprint density at radius 3 is 2.67 bits per heavy atom. The van der Waals surface area contributed by atoms with E-state index < -0.39 is 5.82 Å². The highest BCUT2D eigenvalue weighted by atomic mass is 32.2. The molecule has 1 fully saturated rings. The summed E-state index contributed by atoms with van der Waals surface area (Å²) in [7, 11) is 1.55. The largest absolute Gasteiger partial charge is 0.336 e. The quantitative estimate of drug-likeness (QED) is 0.559. The van der Waals surface area contributed by atoms with Gasteiger partial charge in [-0.25, -0.2) is 4.39 Å². The summed E-state index contributed by atoms with van der Waals surface area (Å²) in [5.74, 6) is -0.0508. The number of rotatable bonds is 9. The molecule has 178 valence electrons. The van der Waals surface area contributed by atoms with Crippen LogP contribution in [0.1, 0.15) is 38.4 Å². The molecule has 3 rings (SSSR count). The van der Waals surface area contributed by atoms with Crippen LogP contribution in [-0.2, 0) is 27.5 Å². The third-order valence-electron chi connectivity index (χ3n) is 5.37. The minimum absolute atomic E-state index is 0.0983. The van der Waals surface area contributed by atoms with Crippen LogP contribution in [0.5, 0.6) is 0 Å². The second-order valence-corrected chi connectivity index (χ2v) is 8.81. The molecule has 1 aromatic heterocycles. The zero-order valence-corrected chi connectivity index (χ0v) is 19.7. The topological polar surface area (TPSA) is 100 Å². The fraction of sp³-hybridized carbons (Fsp3) is 0.500. The zero-order valence-electron chi connectivity index (χ0n) is 18.9. The molecule has 9 nitrogen and oxygen atoms in total. The highest BCUT2D eigenvalue weighted by molar-refractivity contribution is 7.99. The number of carbonyl (C=O) groups excluding carboxylic acids is 3. The Balaban J connectivity index is 1.52. The van der Waals surface area contributed by atoms with E-state index >= 15 is 0 Å². The van der Waals surface area contributed by atoms with E-state index in [1.54, 1.807) is 7.05 Å². The molecular formula is C22H29FN6O3S. The number of nitrogens with one attached hydrogen (secondary N) is 1. The van der Waals surface area contributed by atoms with Crippen molar-refractivity contribution in [1.29, 1.82) is 0 Å². The van der Waals surface area contributed by atoms with Crippen molar-refractivity contribution in [3.05, 3.63) is 35.9 Å². The Labute approximate surface area is 196 Å². The highest BCUT2D eigenvalue weighted by Gasteiger charge is 2.21. The van der Waals surface area contributed by atoms with Crippen LogP contribution in [0.4, 0.5) is 10.1 Å². The molecule has 33 heavy (non-hydrogen) atoms. The summed E-state index contributed by atoms with van der Waals surface area (Å²) in [5.41, 5.74) is 0.461. The molecule has 0 bridgehead atoms. The molecule has 2 heterocycles. The lowest BCUT2D eigenvalue weighted by molar-refractivity contribution is -0.131. The lowest BCUT2D eigenvalue weighted by Crippen LogP contribution is -2.36. The molecule has 0 spiro atoms. The lowest BCUT2D eigenvalue weighted by Gasteiger charge is -2.20. The molecule has 0 radical (unpaired) electrons. The van der Waals surface area contributed by atoms with E-state index in [9.17, 15) is 18.8 Å². The van der Waals surface area contributed by atoms with Crippen molar-refractivity contribution in [3.63, 3.8) is 0 Å². The van der Waals surface area contributed by atoms with E-state index in [1.165, 1.54) is 40.9 Å². The SMILES string of the molecule is CCn1c(CN2CCCCCC2=O)nnc1SCC(=O)N(C)CC(=O)Nc1ccc(F)cc1. The molecule has 0 aliphatic carbocycles. The van der Waals surface area contributed by atoms with Gasteiger partial charge in [0, 0.05) is 32.2 Å². The summed E-state index contributed by atoms with van der Waals surface area (Å²) in [5, 5.41) is 11.7. The van der Waals surface area contributed by atoms with E-state index in [0.717, 1.165) is 25.8 Å². The summed E-state index contributed by atoms with van der Waals surface area (Å²) in [6, 6.07) is 5.42. The second kappa shape index (κ2) is 11.8. The fourth-order valence-corrected chi connectivity index (χ4v) is 4.47. The number of thioether (sulfide) groups is 1. The molecule has 11 heteroatoms. The van der Waals surface area contributed by atoms with Gasteiger partial charge in [-0.2, -0.15) is 0 Å². The van der Waals surface area contributed by atoms with Gasteiger partial charge in [-0.05, 0) is 44.0 Å². The molecule has 0 unspecified atom stereocenters. The molecule has 2 aromatic rings. The van der Waals surface area contributed by atoms with E-state index in [2.05, 4.69) is 15.5 Å². The maximum absolute atomic E-state index is 13.0. The monoisotopic (exact) mass is 476 g/mol. The molecule has 1 saturated heterocycles. The van der Waals surface area contributed by atoms with Gasteiger partial charge in [-0.15, -0.1) is 10.2 Å².